The minimum Gasteiger partial charge on any atom is -0.465 e. The monoisotopic (exact) mass is 219 g/mol. The third-order valence-corrected chi connectivity index (χ3v) is 3.07. The summed E-state index contributed by atoms with van der Waals surface area (Å²) < 4.78 is 4.75. The Kier molecular flexibility index (Phi) is 3.13. The molecule has 1 aromatic rings. The fourth-order valence-electron chi connectivity index (χ4n) is 2.14. The molecule has 0 amide bonds. The van der Waals surface area contributed by atoms with Gasteiger partial charge in [-0.2, -0.15) is 0 Å². The van der Waals surface area contributed by atoms with Gasteiger partial charge in [-0.15, -0.1) is 0 Å². The lowest BCUT2D eigenvalue weighted by molar-refractivity contribution is 0.0601. The highest BCUT2D eigenvalue weighted by molar-refractivity contribution is 5.95. The summed E-state index contributed by atoms with van der Waals surface area (Å²) in [4.78, 5) is 11.5. The molecule has 0 spiro atoms. The molecule has 0 unspecified atom stereocenters. The van der Waals surface area contributed by atoms with Crippen molar-refractivity contribution in [2.45, 2.75) is 25.8 Å². The van der Waals surface area contributed by atoms with Crippen molar-refractivity contribution in [2.24, 2.45) is 5.92 Å². The number of rotatable bonds is 3. The van der Waals surface area contributed by atoms with Crippen LogP contribution < -0.4 is 5.32 Å². The predicted molar refractivity (Wildman–Crippen MR) is 63.6 cm³/mol. The minimum absolute atomic E-state index is 0.282. The van der Waals surface area contributed by atoms with Gasteiger partial charge in [0.15, 0.2) is 0 Å². The maximum absolute atomic E-state index is 11.5. The summed E-state index contributed by atoms with van der Waals surface area (Å²) in [6, 6.07) is 7.99. The lowest BCUT2D eigenvalue weighted by Gasteiger charge is -2.34. The molecule has 0 aliphatic heterocycles. The molecule has 1 saturated carbocycles. The molecule has 0 radical (unpaired) electrons. The van der Waals surface area contributed by atoms with E-state index in [9.17, 15) is 4.79 Å². The van der Waals surface area contributed by atoms with Gasteiger partial charge in [0.2, 0.25) is 0 Å². The van der Waals surface area contributed by atoms with Gasteiger partial charge in [0.25, 0.3) is 0 Å². The van der Waals surface area contributed by atoms with Crippen molar-refractivity contribution < 1.29 is 9.53 Å². The summed E-state index contributed by atoms with van der Waals surface area (Å²) in [5.74, 6) is 0.512. The average Bonchev–Trinajstić information content (AvgIpc) is 2.27. The first-order valence-electron chi connectivity index (χ1n) is 5.64. The van der Waals surface area contributed by atoms with Crippen molar-refractivity contribution in [1.29, 1.82) is 0 Å². The lowest BCUT2D eigenvalue weighted by Crippen LogP contribution is -2.34. The molecule has 0 atom stereocenters. The van der Waals surface area contributed by atoms with E-state index < -0.39 is 0 Å². The molecule has 16 heavy (non-hydrogen) atoms. The normalized spacial score (nSPS) is 23.4. The third-order valence-electron chi connectivity index (χ3n) is 3.07. The van der Waals surface area contributed by atoms with Crippen molar-refractivity contribution in [3.05, 3.63) is 29.8 Å². The molecule has 0 saturated heterocycles. The number of hydrogen-bond donors (Lipinski definition) is 1. The van der Waals surface area contributed by atoms with Gasteiger partial charge in [0.05, 0.1) is 12.7 Å². The Morgan fingerprint density at radius 1 is 1.38 bits per heavy atom. The number of ether oxygens (including phenoxy) is 1. The van der Waals surface area contributed by atoms with Crippen molar-refractivity contribution in [3.63, 3.8) is 0 Å². The second-order valence-corrected chi connectivity index (χ2v) is 4.46. The molecule has 1 aromatic carbocycles. The first-order chi connectivity index (χ1) is 7.70. The first kappa shape index (κ1) is 11.0. The summed E-state index contributed by atoms with van der Waals surface area (Å²) in [5.41, 5.74) is 1.50. The minimum atomic E-state index is -0.282. The van der Waals surface area contributed by atoms with Crippen LogP contribution in [0.1, 0.15) is 30.1 Å². The van der Waals surface area contributed by atoms with Crippen molar-refractivity contribution in [1.82, 2.24) is 0 Å². The maximum Gasteiger partial charge on any atom is 0.339 e. The molecule has 0 aromatic heterocycles. The Bertz CT molecular complexity index is 383. The topological polar surface area (TPSA) is 38.3 Å². The van der Waals surface area contributed by atoms with E-state index in [0.29, 0.717) is 11.6 Å². The molecular formula is C13H17NO2. The Morgan fingerprint density at radius 2 is 2.06 bits per heavy atom. The van der Waals surface area contributed by atoms with Crippen LogP contribution in [0, 0.1) is 5.92 Å². The van der Waals surface area contributed by atoms with E-state index in [0.717, 1.165) is 11.6 Å². The second kappa shape index (κ2) is 4.56. The number of hydrogen-bond acceptors (Lipinski definition) is 3. The predicted octanol–water partition coefficient (Wildman–Crippen LogP) is 2.68. The van der Waals surface area contributed by atoms with Gasteiger partial charge >= 0.3 is 5.97 Å². The fourth-order valence-corrected chi connectivity index (χ4v) is 2.14. The number of nitrogens with one attached hydrogen (secondary N) is 1. The fraction of sp³-hybridized carbons (Fsp3) is 0.462. The van der Waals surface area contributed by atoms with E-state index in [1.807, 2.05) is 18.2 Å². The van der Waals surface area contributed by atoms with Crippen LogP contribution in [0.15, 0.2) is 24.3 Å². The smallest absolute Gasteiger partial charge is 0.339 e. The highest BCUT2D eigenvalue weighted by Gasteiger charge is 2.26. The molecule has 2 rings (SSSR count). The molecule has 1 aliphatic rings. The quantitative estimate of drug-likeness (QED) is 0.794. The maximum atomic E-state index is 11.5. The van der Waals surface area contributed by atoms with Crippen LogP contribution >= 0.6 is 0 Å². The van der Waals surface area contributed by atoms with Crippen LogP contribution in [0.25, 0.3) is 0 Å². The Hall–Kier alpha value is -1.51. The van der Waals surface area contributed by atoms with E-state index in [1.165, 1.54) is 20.0 Å². The zero-order valence-electron chi connectivity index (χ0n) is 9.69. The number of anilines is 1. The molecular weight excluding hydrogens is 202 g/mol. The Labute approximate surface area is 95.8 Å². The van der Waals surface area contributed by atoms with Gasteiger partial charge in [0.1, 0.15) is 0 Å². The molecule has 1 fully saturated rings. The summed E-state index contributed by atoms with van der Waals surface area (Å²) in [6.45, 7) is 2.24. The summed E-state index contributed by atoms with van der Waals surface area (Å²) >= 11 is 0. The Morgan fingerprint density at radius 3 is 2.69 bits per heavy atom. The second-order valence-electron chi connectivity index (χ2n) is 4.46. The number of benzene rings is 1. The Balaban J connectivity index is 2.10. The zero-order chi connectivity index (χ0) is 11.5. The first-order valence-corrected chi connectivity index (χ1v) is 5.64. The van der Waals surface area contributed by atoms with Crippen LogP contribution in [-0.4, -0.2) is 19.1 Å². The standard InChI is InChI=1S/C13H17NO2/c1-9-7-10(8-9)14-12-6-4-3-5-11(12)13(15)16-2/h3-6,9-10,14H,7-8H2,1-2H3. The van der Waals surface area contributed by atoms with Crippen LogP contribution in [0.4, 0.5) is 5.69 Å². The number of carbonyl (C=O) groups excluding carboxylic acids is 1. The molecule has 0 bridgehead atoms. The average molecular weight is 219 g/mol. The van der Waals surface area contributed by atoms with Crippen molar-refractivity contribution in [2.75, 3.05) is 12.4 Å². The van der Waals surface area contributed by atoms with E-state index in [2.05, 4.69) is 12.2 Å². The van der Waals surface area contributed by atoms with Gasteiger partial charge in [0, 0.05) is 11.7 Å². The van der Waals surface area contributed by atoms with Gasteiger partial charge < -0.3 is 10.1 Å². The van der Waals surface area contributed by atoms with Gasteiger partial charge in [-0.3, -0.25) is 0 Å². The SMILES string of the molecule is COC(=O)c1ccccc1NC1CC(C)C1. The highest BCUT2D eigenvalue weighted by atomic mass is 16.5. The van der Waals surface area contributed by atoms with Crippen molar-refractivity contribution >= 4 is 11.7 Å². The molecule has 3 nitrogen and oxygen atoms in total. The number of methoxy groups -OCH3 is 1. The summed E-state index contributed by atoms with van der Waals surface area (Å²) in [5, 5.41) is 3.39. The number of carbonyl (C=O) groups is 1. The molecule has 1 N–H and O–H groups in total. The summed E-state index contributed by atoms with van der Waals surface area (Å²) in [7, 11) is 1.41. The van der Waals surface area contributed by atoms with E-state index >= 15 is 0 Å². The van der Waals surface area contributed by atoms with Gasteiger partial charge in [-0.1, -0.05) is 19.1 Å². The lowest BCUT2D eigenvalue weighted by atomic mass is 9.81. The van der Waals surface area contributed by atoms with E-state index in [-0.39, 0.29) is 5.97 Å². The molecule has 0 heterocycles. The van der Waals surface area contributed by atoms with Gasteiger partial charge in [-0.05, 0) is 30.9 Å². The molecule has 1 aliphatic carbocycles. The highest BCUT2D eigenvalue weighted by Crippen LogP contribution is 2.30. The van der Waals surface area contributed by atoms with Crippen molar-refractivity contribution in [3.8, 4) is 0 Å². The molecule has 86 valence electrons. The van der Waals surface area contributed by atoms with Crippen LogP contribution in [0.3, 0.4) is 0 Å². The van der Waals surface area contributed by atoms with Gasteiger partial charge in [-0.25, -0.2) is 4.79 Å². The third kappa shape index (κ3) is 2.18. The van der Waals surface area contributed by atoms with Crippen LogP contribution in [0.5, 0.6) is 0 Å². The van der Waals surface area contributed by atoms with Crippen LogP contribution in [-0.2, 0) is 4.74 Å². The molecule has 3 heteroatoms. The van der Waals surface area contributed by atoms with E-state index in [4.69, 9.17) is 4.74 Å². The zero-order valence-corrected chi connectivity index (χ0v) is 9.69. The summed E-state index contributed by atoms with van der Waals surface area (Å²) in [6.07, 6.45) is 2.35. The van der Waals surface area contributed by atoms with Crippen LogP contribution in [0.2, 0.25) is 0 Å². The largest absolute Gasteiger partial charge is 0.465 e. The number of para-hydroxylation sites is 1. The number of esters is 1. The van der Waals surface area contributed by atoms with E-state index in [1.54, 1.807) is 6.07 Å².